The van der Waals surface area contributed by atoms with Gasteiger partial charge < -0.3 is 9.84 Å². The van der Waals surface area contributed by atoms with Crippen molar-refractivity contribution in [3.05, 3.63) is 16.1 Å². The lowest BCUT2D eigenvalue weighted by Crippen LogP contribution is -1.87. The highest BCUT2D eigenvalue weighted by molar-refractivity contribution is 7.09. The van der Waals surface area contributed by atoms with E-state index < -0.39 is 0 Å². The largest absolute Gasteiger partial charge is 0.390 e. The van der Waals surface area contributed by atoms with Crippen LogP contribution in [0.5, 0.6) is 0 Å². The average molecular weight is 196 g/mol. The molecule has 0 amide bonds. The molecule has 0 saturated carbocycles. The zero-order valence-electron chi connectivity index (χ0n) is 6.11. The van der Waals surface area contributed by atoms with Crippen molar-refractivity contribution < 1.29 is 9.84 Å². The van der Waals surface area contributed by atoms with Crippen LogP contribution in [0.1, 0.15) is 10.7 Å². The van der Waals surface area contributed by atoms with Gasteiger partial charge in [0.25, 0.3) is 0 Å². The van der Waals surface area contributed by atoms with E-state index in [-0.39, 0.29) is 19.0 Å². The smallest absolute Gasteiger partial charge is 0.119 e. The minimum atomic E-state index is 0. The van der Waals surface area contributed by atoms with Gasteiger partial charge in [0.1, 0.15) is 5.01 Å². The summed E-state index contributed by atoms with van der Waals surface area (Å²) < 4.78 is 4.85. The molecule has 0 radical (unpaired) electrons. The van der Waals surface area contributed by atoms with Gasteiger partial charge in [-0.25, -0.2) is 4.98 Å². The molecule has 0 aliphatic carbocycles. The predicted octanol–water partition coefficient (Wildman–Crippen LogP) is 1.20. The highest BCUT2D eigenvalue weighted by atomic mass is 35.5. The standard InChI is InChI=1S/C6H9NO2S.ClH/c1-9-3-6-7-5(2-8)4-10-6;/h4,8H,2-3H2,1H3;1H. The van der Waals surface area contributed by atoms with Crippen molar-refractivity contribution in [3.63, 3.8) is 0 Å². The van der Waals surface area contributed by atoms with Crippen LogP contribution in [0.15, 0.2) is 5.38 Å². The van der Waals surface area contributed by atoms with Crippen LogP contribution in [-0.4, -0.2) is 17.2 Å². The normalized spacial score (nSPS) is 9.27. The molecule has 0 unspecified atom stereocenters. The van der Waals surface area contributed by atoms with Crippen molar-refractivity contribution in [2.24, 2.45) is 0 Å². The summed E-state index contributed by atoms with van der Waals surface area (Å²) in [5.74, 6) is 0. The molecule has 0 saturated heterocycles. The third kappa shape index (κ3) is 3.16. The Morgan fingerprint density at radius 3 is 2.91 bits per heavy atom. The van der Waals surface area contributed by atoms with E-state index in [0.29, 0.717) is 6.61 Å². The van der Waals surface area contributed by atoms with Gasteiger partial charge in [-0.1, -0.05) is 0 Å². The number of rotatable bonds is 3. The second-order valence-corrected chi connectivity index (χ2v) is 2.77. The number of methoxy groups -OCH3 is 1. The average Bonchev–Trinajstić information content (AvgIpc) is 2.37. The highest BCUT2D eigenvalue weighted by Crippen LogP contribution is 2.09. The van der Waals surface area contributed by atoms with Gasteiger partial charge in [0.2, 0.25) is 0 Å². The number of aromatic nitrogens is 1. The van der Waals surface area contributed by atoms with Gasteiger partial charge in [0, 0.05) is 12.5 Å². The predicted molar refractivity (Wildman–Crippen MR) is 46.0 cm³/mol. The number of aliphatic hydroxyl groups excluding tert-OH is 1. The molecule has 0 aromatic carbocycles. The Hall–Kier alpha value is -0.160. The molecular formula is C6H10ClNO2S. The summed E-state index contributed by atoms with van der Waals surface area (Å²) >= 11 is 1.50. The maximum atomic E-state index is 8.62. The fourth-order valence-electron chi connectivity index (χ4n) is 0.611. The molecule has 0 bridgehead atoms. The van der Waals surface area contributed by atoms with Crippen LogP contribution in [-0.2, 0) is 18.0 Å². The molecule has 5 heteroatoms. The molecule has 1 aromatic rings. The Labute approximate surface area is 75.4 Å². The van der Waals surface area contributed by atoms with Gasteiger partial charge in [-0.05, 0) is 0 Å². The van der Waals surface area contributed by atoms with Gasteiger partial charge in [-0.2, -0.15) is 0 Å². The van der Waals surface area contributed by atoms with Crippen molar-refractivity contribution in [1.29, 1.82) is 0 Å². The highest BCUT2D eigenvalue weighted by Gasteiger charge is 1.98. The van der Waals surface area contributed by atoms with E-state index in [1.807, 2.05) is 5.38 Å². The zero-order chi connectivity index (χ0) is 7.40. The molecule has 64 valence electrons. The van der Waals surface area contributed by atoms with Crippen LogP contribution >= 0.6 is 23.7 Å². The number of halogens is 1. The SMILES string of the molecule is COCc1nc(CO)cs1.Cl. The lowest BCUT2D eigenvalue weighted by atomic mass is 10.5. The van der Waals surface area contributed by atoms with E-state index in [1.54, 1.807) is 7.11 Å². The summed E-state index contributed by atoms with van der Waals surface area (Å²) in [5.41, 5.74) is 0.719. The third-order valence-electron chi connectivity index (χ3n) is 1.03. The maximum absolute atomic E-state index is 8.62. The summed E-state index contributed by atoms with van der Waals surface area (Å²) in [6.07, 6.45) is 0. The molecule has 1 rings (SSSR count). The first-order valence-electron chi connectivity index (χ1n) is 2.90. The summed E-state index contributed by atoms with van der Waals surface area (Å²) in [6.45, 7) is 0.547. The maximum Gasteiger partial charge on any atom is 0.119 e. The molecule has 1 aromatic heterocycles. The fraction of sp³-hybridized carbons (Fsp3) is 0.500. The number of ether oxygens (including phenoxy) is 1. The van der Waals surface area contributed by atoms with Crippen LogP contribution in [0, 0.1) is 0 Å². The number of hydrogen-bond acceptors (Lipinski definition) is 4. The molecule has 0 atom stereocenters. The summed E-state index contributed by atoms with van der Waals surface area (Å²) in [7, 11) is 1.63. The number of thiazole rings is 1. The topological polar surface area (TPSA) is 42.4 Å². The van der Waals surface area contributed by atoms with E-state index in [2.05, 4.69) is 4.98 Å². The second-order valence-electron chi connectivity index (χ2n) is 1.82. The molecule has 1 N–H and O–H groups in total. The summed E-state index contributed by atoms with van der Waals surface area (Å²) in [4.78, 5) is 4.06. The number of aliphatic hydroxyl groups is 1. The van der Waals surface area contributed by atoms with Gasteiger partial charge in [0.05, 0.1) is 18.9 Å². The van der Waals surface area contributed by atoms with Crippen molar-refractivity contribution in [1.82, 2.24) is 4.98 Å². The Balaban J connectivity index is 0.000001000. The molecule has 11 heavy (non-hydrogen) atoms. The third-order valence-corrected chi connectivity index (χ3v) is 1.90. The second kappa shape index (κ2) is 5.49. The molecule has 1 heterocycles. The van der Waals surface area contributed by atoms with Crippen LogP contribution < -0.4 is 0 Å². The lowest BCUT2D eigenvalue weighted by molar-refractivity contribution is 0.184. The van der Waals surface area contributed by atoms with E-state index in [4.69, 9.17) is 9.84 Å². The van der Waals surface area contributed by atoms with Crippen molar-refractivity contribution in [3.8, 4) is 0 Å². The summed E-state index contributed by atoms with van der Waals surface area (Å²) in [6, 6.07) is 0. The minimum absolute atomic E-state index is 0. The monoisotopic (exact) mass is 195 g/mol. The van der Waals surface area contributed by atoms with Gasteiger partial charge >= 0.3 is 0 Å². The Morgan fingerprint density at radius 2 is 2.45 bits per heavy atom. The molecule has 0 spiro atoms. The molecule has 0 aliphatic rings. The molecule has 0 fully saturated rings. The van der Waals surface area contributed by atoms with Crippen LogP contribution in [0.4, 0.5) is 0 Å². The van der Waals surface area contributed by atoms with E-state index in [0.717, 1.165) is 10.7 Å². The lowest BCUT2D eigenvalue weighted by Gasteiger charge is -1.89. The van der Waals surface area contributed by atoms with E-state index >= 15 is 0 Å². The quantitative estimate of drug-likeness (QED) is 0.789. The fourth-order valence-corrected chi connectivity index (χ4v) is 1.37. The van der Waals surface area contributed by atoms with Crippen molar-refractivity contribution in [2.75, 3.05) is 7.11 Å². The first kappa shape index (κ1) is 10.8. The van der Waals surface area contributed by atoms with Crippen molar-refractivity contribution in [2.45, 2.75) is 13.2 Å². The van der Waals surface area contributed by atoms with Crippen LogP contribution in [0.3, 0.4) is 0 Å². The molecule has 3 nitrogen and oxygen atoms in total. The summed E-state index contributed by atoms with van der Waals surface area (Å²) in [5, 5.41) is 11.4. The number of nitrogens with zero attached hydrogens (tertiary/aromatic N) is 1. The van der Waals surface area contributed by atoms with Gasteiger partial charge in [-0.3, -0.25) is 0 Å². The Kier molecular flexibility index (Phi) is 5.41. The van der Waals surface area contributed by atoms with Crippen LogP contribution in [0.2, 0.25) is 0 Å². The van der Waals surface area contributed by atoms with Gasteiger partial charge in [-0.15, -0.1) is 23.7 Å². The minimum Gasteiger partial charge on any atom is -0.390 e. The van der Waals surface area contributed by atoms with Crippen molar-refractivity contribution >= 4 is 23.7 Å². The Bertz CT molecular complexity index is 204. The molecular weight excluding hydrogens is 186 g/mol. The van der Waals surface area contributed by atoms with E-state index in [1.165, 1.54) is 11.3 Å². The number of hydrogen-bond donors (Lipinski definition) is 1. The Morgan fingerprint density at radius 1 is 1.73 bits per heavy atom. The van der Waals surface area contributed by atoms with Crippen LogP contribution in [0.25, 0.3) is 0 Å². The zero-order valence-corrected chi connectivity index (χ0v) is 7.74. The first-order chi connectivity index (χ1) is 4.86. The van der Waals surface area contributed by atoms with E-state index in [9.17, 15) is 0 Å². The first-order valence-corrected chi connectivity index (χ1v) is 3.78. The molecule has 0 aliphatic heterocycles. The van der Waals surface area contributed by atoms with Gasteiger partial charge in [0.15, 0.2) is 0 Å².